The van der Waals surface area contributed by atoms with Crippen molar-refractivity contribution in [1.82, 2.24) is 20.0 Å². The second-order valence-electron chi connectivity index (χ2n) is 7.68. The smallest absolute Gasteiger partial charge is 0.236 e. The Hall–Kier alpha value is -2.59. The molecule has 2 saturated heterocycles. The van der Waals surface area contributed by atoms with E-state index in [1.165, 1.54) is 6.42 Å². The highest BCUT2D eigenvalue weighted by atomic mass is 16.2. The highest BCUT2D eigenvalue weighted by molar-refractivity contribution is 5.80. The molecule has 7 heteroatoms. The molecular formula is C22H32N6O. The molecule has 0 saturated carbocycles. The number of hydrogen-bond donors (Lipinski definition) is 1. The monoisotopic (exact) mass is 396 g/mol. The van der Waals surface area contributed by atoms with Gasteiger partial charge in [-0.05, 0) is 43.9 Å². The maximum absolute atomic E-state index is 12.5. The number of likely N-dealkylation sites (tertiary alicyclic amines) is 1. The van der Waals surface area contributed by atoms with Crippen molar-refractivity contribution < 1.29 is 4.79 Å². The lowest BCUT2D eigenvalue weighted by atomic mass is 10.1. The Kier molecular flexibility index (Phi) is 7.88. The highest BCUT2D eigenvalue weighted by Gasteiger charge is 2.24. The molecule has 0 spiro atoms. The number of nitrogens with one attached hydrogen (secondary N) is 1. The number of carbonyl (C=O) groups excluding carboxylic acids is 1. The third-order valence-electron chi connectivity index (χ3n) is 5.57. The standard InChI is InChI=1S/C22H32N6O/c1-2-24-22(25-17-20-8-6-19(16-23)7-9-20)28-14-12-26(13-15-28)18-21(29)27-10-4-3-5-11-27/h6-9H,2-5,10-15,17-18H2,1H3,(H,24,25). The zero-order valence-corrected chi connectivity index (χ0v) is 17.4. The summed E-state index contributed by atoms with van der Waals surface area (Å²) in [6.45, 7) is 9.34. The van der Waals surface area contributed by atoms with Gasteiger partial charge in [-0.25, -0.2) is 4.99 Å². The molecule has 0 atom stereocenters. The van der Waals surface area contributed by atoms with Crippen LogP contribution in [0.2, 0.25) is 0 Å². The fourth-order valence-corrected chi connectivity index (χ4v) is 3.83. The van der Waals surface area contributed by atoms with E-state index >= 15 is 0 Å². The summed E-state index contributed by atoms with van der Waals surface area (Å²) >= 11 is 0. The lowest BCUT2D eigenvalue weighted by molar-refractivity contribution is -0.133. The van der Waals surface area contributed by atoms with Crippen LogP contribution >= 0.6 is 0 Å². The van der Waals surface area contributed by atoms with Crippen molar-refractivity contribution in [2.24, 2.45) is 4.99 Å². The second kappa shape index (κ2) is 10.8. The lowest BCUT2D eigenvalue weighted by Crippen LogP contribution is -2.54. The van der Waals surface area contributed by atoms with Crippen molar-refractivity contribution in [3.63, 3.8) is 0 Å². The van der Waals surface area contributed by atoms with Gasteiger partial charge in [-0.1, -0.05) is 12.1 Å². The Morgan fingerprint density at radius 2 is 1.72 bits per heavy atom. The third kappa shape index (κ3) is 6.20. The molecule has 1 aromatic carbocycles. The Bertz CT molecular complexity index is 725. The van der Waals surface area contributed by atoms with Gasteiger partial charge in [-0.15, -0.1) is 0 Å². The van der Waals surface area contributed by atoms with Crippen LogP contribution in [0.5, 0.6) is 0 Å². The minimum absolute atomic E-state index is 0.277. The van der Waals surface area contributed by atoms with Gasteiger partial charge in [0.1, 0.15) is 0 Å². The number of nitrogens with zero attached hydrogens (tertiary/aromatic N) is 5. The van der Waals surface area contributed by atoms with Crippen LogP contribution in [0, 0.1) is 11.3 Å². The Labute approximate surface area is 174 Å². The maximum atomic E-state index is 12.5. The van der Waals surface area contributed by atoms with Crippen LogP contribution in [0.15, 0.2) is 29.3 Å². The normalized spacial score (nSPS) is 18.4. The fraction of sp³-hybridized carbons (Fsp3) is 0.591. The minimum Gasteiger partial charge on any atom is -0.357 e. The SMILES string of the molecule is CCNC(=NCc1ccc(C#N)cc1)N1CCN(CC(=O)N2CCCCC2)CC1. The van der Waals surface area contributed by atoms with Crippen molar-refractivity contribution in [3.8, 4) is 6.07 Å². The quantitative estimate of drug-likeness (QED) is 0.605. The summed E-state index contributed by atoms with van der Waals surface area (Å²) < 4.78 is 0. The molecule has 0 radical (unpaired) electrons. The molecule has 156 valence electrons. The van der Waals surface area contributed by atoms with E-state index in [1.807, 2.05) is 29.2 Å². The van der Waals surface area contributed by atoms with Gasteiger partial charge < -0.3 is 15.1 Å². The minimum atomic E-state index is 0.277. The molecule has 29 heavy (non-hydrogen) atoms. The number of piperidine rings is 1. The van der Waals surface area contributed by atoms with E-state index in [2.05, 4.69) is 28.1 Å². The first-order chi connectivity index (χ1) is 14.2. The zero-order valence-electron chi connectivity index (χ0n) is 17.4. The van der Waals surface area contributed by atoms with Crippen LogP contribution in [0.4, 0.5) is 0 Å². The van der Waals surface area contributed by atoms with E-state index in [1.54, 1.807) is 0 Å². The van der Waals surface area contributed by atoms with Gasteiger partial charge in [0.25, 0.3) is 0 Å². The molecular weight excluding hydrogens is 364 g/mol. The van der Waals surface area contributed by atoms with Crippen molar-refractivity contribution in [3.05, 3.63) is 35.4 Å². The first-order valence-corrected chi connectivity index (χ1v) is 10.7. The Balaban J connectivity index is 1.50. The Morgan fingerprint density at radius 1 is 1.03 bits per heavy atom. The van der Waals surface area contributed by atoms with Crippen LogP contribution in [0.1, 0.15) is 37.3 Å². The lowest BCUT2D eigenvalue weighted by Gasteiger charge is -2.37. The molecule has 2 aliphatic rings. The molecule has 0 aliphatic carbocycles. The summed E-state index contributed by atoms with van der Waals surface area (Å²) in [7, 11) is 0. The summed E-state index contributed by atoms with van der Waals surface area (Å²) in [6.07, 6.45) is 3.53. The summed E-state index contributed by atoms with van der Waals surface area (Å²) in [4.78, 5) is 23.8. The van der Waals surface area contributed by atoms with Crippen LogP contribution < -0.4 is 5.32 Å². The molecule has 0 aromatic heterocycles. The number of rotatable bonds is 5. The van der Waals surface area contributed by atoms with Crippen LogP contribution in [-0.2, 0) is 11.3 Å². The van der Waals surface area contributed by atoms with E-state index in [9.17, 15) is 4.79 Å². The van der Waals surface area contributed by atoms with Crippen molar-refractivity contribution in [2.75, 3.05) is 52.4 Å². The van der Waals surface area contributed by atoms with Crippen molar-refractivity contribution in [1.29, 1.82) is 5.26 Å². The number of aliphatic imine (C=N–C) groups is 1. The third-order valence-corrected chi connectivity index (χ3v) is 5.57. The number of nitriles is 1. The second-order valence-corrected chi connectivity index (χ2v) is 7.68. The van der Waals surface area contributed by atoms with Gasteiger partial charge >= 0.3 is 0 Å². The van der Waals surface area contributed by atoms with Crippen LogP contribution in [-0.4, -0.2) is 78.9 Å². The van der Waals surface area contributed by atoms with E-state index in [0.29, 0.717) is 18.7 Å². The van der Waals surface area contributed by atoms with Gasteiger partial charge in [-0.2, -0.15) is 5.26 Å². The molecule has 2 aliphatic heterocycles. The number of benzene rings is 1. The van der Waals surface area contributed by atoms with E-state index in [0.717, 1.165) is 70.2 Å². The van der Waals surface area contributed by atoms with Crippen molar-refractivity contribution >= 4 is 11.9 Å². The summed E-state index contributed by atoms with van der Waals surface area (Å²) in [5.74, 6) is 1.19. The molecule has 0 bridgehead atoms. The number of amides is 1. The van der Waals surface area contributed by atoms with Crippen molar-refractivity contribution in [2.45, 2.75) is 32.7 Å². The van der Waals surface area contributed by atoms with Crippen LogP contribution in [0.25, 0.3) is 0 Å². The summed E-state index contributed by atoms with van der Waals surface area (Å²) in [5.41, 5.74) is 1.75. The predicted octanol–water partition coefficient (Wildman–Crippen LogP) is 1.65. The number of carbonyl (C=O) groups is 1. The molecule has 3 rings (SSSR count). The Morgan fingerprint density at radius 3 is 2.34 bits per heavy atom. The maximum Gasteiger partial charge on any atom is 0.236 e. The highest BCUT2D eigenvalue weighted by Crippen LogP contribution is 2.11. The fourth-order valence-electron chi connectivity index (χ4n) is 3.83. The molecule has 2 heterocycles. The predicted molar refractivity (Wildman–Crippen MR) is 114 cm³/mol. The van der Waals surface area contributed by atoms with E-state index in [4.69, 9.17) is 10.3 Å². The number of guanidine groups is 1. The molecule has 1 aromatic rings. The first-order valence-electron chi connectivity index (χ1n) is 10.7. The molecule has 1 N–H and O–H groups in total. The average Bonchev–Trinajstić information content (AvgIpc) is 2.78. The van der Waals surface area contributed by atoms with Gasteiger partial charge in [0.2, 0.25) is 5.91 Å². The van der Waals surface area contributed by atoms with Gasteiger partial charge in [-0.3, -0.25) is 9.69 Å². The van der Waals surface area contributed by atoms with Gasteiger partial charge in [0.05, 0.1) is 24.7 Å². The topological polar surface area (TPSA) is 75.0 Å². The molecule has 1 amide bonds. The van der Waals surface area contributed by atoms with Gasteiger partial charge in [0.15, 0.2) is 5.96 Å². The van der Waals surface area contributed by atoms with Gasteiger partial charge in [0, 0.05) is 45.8 Å². The average molecular weight is 397 g/mol. The van der Waals surface area contributed by atoms with E-state index < -0.39 is 0 Å². The van der Waals surface area contributed by atoms with Crippen LogP contribution in [0.3, 0.4) is 0 Å². The molecule has 7 nitrogen and oxygen atoms in total. The summed E-state index contributed by atoms with van der Waals surface area (Å²) in [6, 6.07) is 9.71. The largest absolute Gasteiger partial charge is 0.357 e. The first kappa shape index (κ1) is 21.1. The molecule has 2 fully saturated rings. The summed E-state index contributed by atoms with van der Waals surface area (Å²) in [5, 5.41) is 12.3. The zero-order chi connectivity index (χ0) is 20.5. The molecule has 0 unspecified atom stereocenters. The van der Waals surface area contributed by atoms with E-state index in [-0.39, 0.29) is 5.91 Å². The number of piperazine rings is 1. The number of hydrogen-bond acceptors (Lipinski definition) is 4.